The van der Waals surface area contributed by atoms with Crippen LogP contribution in [0.5, 0.6) is 5.75 Å². The molecule has 1 rings (SSSR count). The maximum Gasteiger partial charge on any atom is 0.396 e. The number of nitrogens with one attached hydrogen (secondary N) is 1. The molecule has 0 spiro atoms. The summed E-state index contributed by atoms with van der Waals surface area (Å²) in [5.41, 5.74) is 0.774. The molecule has 0 heterocycles. The number of carbonyl (C=O) groups is 3. The fraction of sp³-hybridized carbons (Fsp3) is 0.438. The minimum absolute atomic E-state index is 0.180. The third-order valence-electron chi connectivity index (χ3n) is 2.76. The van der Waals surface area contributed by atoms with Gasteiger partial charge in [0, 0.05) is 6.42 Å². The van der Waals surface area contributed by atoms with Gasteiger partial charge in [-0.15, -0.1) is 0 Å². The molecule has 0 fully saturated rings. The normalized spacial score (nSPS) is 10.5. The quantitative estimate of drug-likeness (QED) is 0.644. The van der Waals surface area contributed by atoms with E-state index < -0.39 is 23.9 Å². The Labute approximate surface area is 135 Å². The Morgan fingerprint density at radius 3 is 2.00 bits per heavy atom. The maximum absolute atomic E-state index is 11.7. The molecule has 1 amide bonds. The summed E-state index contributed by atoms with van der Waals surface area (Å²) >= 11 is 0. The number of ether oxygens (including phenoxy) is 3. The molecule has 23 heavy (non-hydrogen) atoms. The Bertz CT molecular complexity index is 512. The Balaban J connectivity index is 0.00000232. The van der Waals surface area contributed by atoms with Crippen molar-refractivity contribution >= 4 is 17.8 Å². The summed E-state index contributed by atoms with van der Waals surface area (Å²) in [5, 5.41) is 2.28. The van der Waals surface area contributed by atoms with E-state index in [0.29, 0.717) is 5.75 Å². The number of rotatable bonds is 5. The average Bonchev–Trinajstić information content (AvgIpc) is 2.61. The molecule has 0 aliphatic rings. The lowest BCUT2D eigenvalue weighted by Crippen LogP contribution is -2.46. The van der Waals surface area contributed by atoms with Crippen LogP contribution < -0.4 is 10.1 Å². The second-order valence-corrected chi connectivity index (χ2v) is 4.09. The summed E-state index contributed by atoms with van der Waals surface area (Å²) in [7, 11) is 3.83. The zero-order valence-electron chi connectivity index (χ0n) is 14.0. The lowest BCUT2D eigenvalue weighted by Gasteiger charge is -2.16. The van der Waals surface area contributed by atoms with Gasteiger partial charge in [0.1, 0.15) is 11.8 Å². The molecule has 128 valence electrons. The van der Waals surface area contributed by atoms with Crippen LogP contribution in [-0.2, 0) is 30.3 Å². The van der Waals surface area contributed by atoms with Gasteiger partial charge in [-0.1, -0.05) is 26.0 Å². The molecular weight excluding hydrogens is 302 g/mol. The number of hydrogen-bond acceptors (Lipinski definition) is 6. The van der Waals surface area contributed by atoms with Crippen LogP contribution in [0.3, 0.4) is 0 Å². The smallest absolute Gasteiger partial charge is 0.396 e. The first-order valence-electron chi connectivity index (χ1n) is 7.11. The zero-order valence-corrected chi connectivity index (χ0v) is 14.0. The fourth-order valence-electron chi connectivity index (χ4n) is 1.64. The summed E-state index contributed by atoms with van der Waals surface area (Å²) in [6, 6.07) is 5.98. The SMILES string of the molecule is CC.COC(=O)C(=O)NC(Cc1ccc(OC)cc1)C(=O)OC. The van der Waals surface area contributed by atoms with Crippen molar-refractivity contribution in [2.45, 2.75) is 26.3 Å². The van der Waals surface area contributed by atoms with E-state index in [4.69, 9.17) is 4.74 Å². The predicted molar refractivity (Wildman–Crippen MR) is 84.0 cm³/mol. The summed E-state index contributed by atoms with van der Waals surface area (Å²) in [5.74, 6) is -2.05. The van der Waals surface area contributed by atoms with E-state index in [2.05, 4.69) is 14.8 Å². The largest absolute Gasteiger partial charge is 0.497 e. The van der Waals surface area contributed by atoms with Gasteiger partial charge in [0.05, 0.1) is 21.3 Å². The van der Waals surface area contributed by atoms with E-state index in [1.165, 1.54) is 7.11 Å². The first-order chi connectivity index (χ1) is 11.0. The second-order valence-electron chi connectivity index (χ2n) is 4.09. The lowest BCUT2D eigenvalue weighted by atomic mass is 10.1. The molecule has 0 saturated heterocycles. The molecule has 0 saturated carbocycles. The van der Waals surface area contributed by atoms with E-state index in [1.54, 1.807) is 31.4 Å². The van der Waals surface area contributed by atoms with Crippen LogP contribution in [0.4, 0.5) is 0 Å². The van der Waals surface area contributed by atoms with Gasteiger partial charge in [-0.05, 0) is 17.7 Å². The molecular formula is C16H23NO6. The van der Waals surface area contributed by atoms with Gasteiger partial charge in [0.25, 0.3) is 0 Å². The average molecular weight is 325 g/mol. The Kier molecular flexibility index (Phi) is 9.82. The van der Waals surface area contributed by atoms with Crippen molar-refractivity contribution in [2.24, 2.45) is 0 Å². The highest BCUT2D eigenvalue weighted by molar-refractivity contribution is 6.32. The van der Waals surface area contributed by atoms with Gasteiger partial charge in [-0.3, -0.25) is 4.79 Å². The van der Waals surface area contributed by atoms with Crippen LogP contribution in [0, 0.1) is 0 Å². The summed E-state index contributed by atoms with van der Waals surface area (Å²) < 4.78 is 13.9. The molecule has 0 aliphatic heterocycles. The molecule has 1 atom stereocenters. The molecule has 1 aromatic carbocycles. The number of methoxy groups -OCH3 is 3. The molecule has 7 nitrogen and oxygen atoms in total. The van der Waals surface area contributed by atoms with E-state index in [9.17, 15) is 14.4 Å². The first kappa shape index (κ1) is 20.4. The topological polar surface area (TPSA) is 90.9 Å². The zero-order chi connectivity index (χ0) is 17.8. The van der Waals surface area contributed by atoms with Gasteiger partial charge in [-0.2, -0.15) is 0 Å². The van der Waals surface area contributed by atoms with Gasteiger partial charge < -0.3 is 19.5 Å². The highest BCUT2D eigenvalue weighted by Crippen LogP contribution is 2.13. The number of esters is 2. The van der Waals surface area contributed by atoms with Gasteiger partial charge in [-0.25, -0.2) is 9.59 Å². The van der Waals surface area contributed by atoms with Crippen LogP contribution in [0.2, 0.25) is 0 Å². The predicted octanol–water partition coefficient (Wildman–Crippen LogP) is 1.09. The van der Waals surface area contributed by atoms with Crippen molar-refractivity contribution in [3.63, 3.8) is 0 Å². The van der Waals surface area contributed by atoms with Crippen LogP contribution in [-0.4, -0.2) is 45.2 Å². The molecule has 0 radical (unpaired) electrons. The monoisotopic (exact) mass is 325 g/mol. The van der Waals surface area contributed by atoms with Crippen LogP contribution in [0.15, 0.2) is 24.3 Å². The van der Waals surface area contributed by atoms with E-state index in [1.807, 2.05) is 13.8 Å². The van der Waals surface area contributed by atoms with E-state index >= 15 is 0 Å². The highest BCUT2D eigenvalue weighted by Gasteiger charge is 2.25. The molecule has 1 unspecified atom stereocenters. The fourth-order valence-corrected chi connectivity index (χ4v) is 1.64. The van der Waals surface area contributed by atoms with Crippen molar-refractivity contribution < 1.29 is 28.6 Å². The number of amides is 1. The van der Waals surface area contributed by atoms with Crippen LogP contribution in [0.25, 0.3) is 0 Å². The van der Waals surface area contributed by atoms with E-state index in [-0.39, 0.29) is 6.42 Å². The Hall–Kier alpha value is -2.57. The first-order valence-corrected chi connectivity index (χ1v) is 7.11. The summed E-state index contributed by atoms with van der Waals surface area (Å²) in [6.07, 6.45) is 0.180. The van der Waals surface area contributed by atoms with Gasteiger partial charge >= 0.3 is 17.8 Å². The lowest BCUT2D eigenvalue weighted by molar-refractivity contribution is -0.154. The van der Waals surface area contributed by atoms with Crippen molar-refractivity contribution in [3.8, 4) is 5.75 Å². The van der Waals surface area contributed by atoms with Gasteiger partial charge in [0.15, 0.2) is 0 Å². The minimum Gasteiger partial charge on any atom is -0.497 e. The molecule has 0 aliphatic carbocycles. The number of benzene rings is 1. The number of carbonyl (C=O) groups excluding carboxylic acids is 3. The third-order valence-corrected chi connectivity index (χ3v) is 2.76. The van der Waals surface area contributed by atoms with Gasteiger partial charge in [0.2, 0.25) is 0 Å². The molecule has 1 aromatic rings. The van der Waals surface area contributed by atoms with Crippen molar-refractivity contribution in [1.82, 2.24) is 5.32 Å². The van der Waals surface area contributed by atoms with E-state index in [0.717, 1.165) is 12.7 Å². The standard InChI is InChI=1S/C14H17NO6.C2H6/c1-19-10-6-4-9(5-7-10)8-11(13(17)20-2)15-12(16)14(18)21-3;1-2/h4-7,11H,8H2,1-3H3,(H,15,16);1-2H3. The summed E-state index contributed by atoms with van der Waals surface area (Å²) in [6.45, 7) is 4.00. The Morgan fingerprint density at radius 2 is 1.57 bits per heavy atom. The van der Waals surface area contributed by atoms with Crippen molar-refractivity contribution in [2.75, 3.05) is 21.3 Å². The van der Waals surface area contributed by atoms with Crippen molar-refractivity contribution in [3.05, 3.63) is 29.8 Å². The summed E-state index contributed by atoms with van der Waals surface area (Å²) in [4.78, 5) is 34.2. The minimum atomic E-state index is -1.07. The Morgan fingerprint density at radius 1 is 1.00 bits per heavy atom. The van der Waals surface area contributed by atoms with Crippen LogP contribution in [0.1, 0.15) is 19.4 Å². The molecule has 7 heteroatoms. The third kappa shape index (κ3) is 6.82. The maximum atomic E-state index is 11.7. The van der Waals surface area contributed by atoms with Crippen LogP contribution >= 0.6 is 0 Å². The number of hydrogen-bond donors (Lipinski definition) is 1. The van der Waals surface area contributed by atoms with Crippen molar-refractivity contribution in [1.29, 1.82) is 0 Å². The highest BCUT2D eigenvalue weighted by atomic mass is 16.5. The molecule has 0 aromatic heterocycles. The molecule has 1 N–H and O–H groups in total. The second kappa shape index (κ2) is 11.1. The molecule has 0 bridgehead atoms.